The van der Waals surface area contributed by atoms with E-state index in [1.54, 1.807) is 31.2 Å². The molecule has 0 spiro atoms. The Morgan fingerprint density at radius 2 is 1.52 bits per heavy atom. The Bertz CT molecular complexity index is 870. The molecule has 0 fully saturated rings. The van der Waals surface area contributed by atoms with E-state index in [2.05, 4.69) is 0 Å². The van der Waals surface area contributed by atoms with Crippen molar-refractivity contribution in [1.82, 2.24) is 0 Å². The van der Waals surface area contributed by atoms with Crippen molar-refractivity contribution in [2.45, 2.75) is 39.0 Å². The summed E-state index contributed by atoms with van der Waals surface area (Å²) in [4.78, 5) is 36.9. The van der Waals surface area contributed by atoms with Crippen LogP contribution in [-0.2, 0) is 23.8 Å². The van der Waals surface area contributed by atoms with Crippen LogP contribution in [0.4, 0.5) is 0 Å². The van der Waals surface area contributed by atoms with Gasteiger partial charge in [-0.2, -0.15) is 0 Å². The fraction of sp³-hybridized carbons (Fsp3) is 0.458. The molecule has 0 radical (unpaired) electrons. The van der Waals surface area contributed by atoms with Gasteiger partial charge in [-0.25, -0.2) is 4.79 Å². The minimum atomic E-state index is -0.343. The molecule has 0 heterocycles. The van der Waals surface area contributed by atoms with Gasteiger partial charge in [-0.15, -0.1) is 0 Å². The van der Waals surface area contributed by atoms with Gasteiger partial charge in [0, 0.05) is 11.1 Å². The van der Waals surface area contributed by atoms with Gasteiger partial charge in [0.15, 0.2) is 0 Å². The van der Waals surface area contributed by atoms with E-state index in [0.29, 0.717) is 48.5 Å². The number of ketones is 2. The maximum Gasteiger partial charge on any atom is 0.338 e. The topological polar surface area (TPSA) is 88.1 Å². The molecule has 3 rings (SSSR count). The summed E-state index contributed by atoms with van der Waals surface area (Å²) < 4.78 is 20.9. The molecular weight excluding hydrogens is 400 g/mol. The molecule has 31 heavy (non-hydrogen) atoms. The fourth-order valence-electron chi connectivity index (χ4n) is 4.04. The van der Waals surface area contributed by atoms with Crippen molar-refractivity contribution in [1.29, 1.82) is 0 Å². The number of Topliss-reactive ketones (excluding diaryl/α,β-unsaturated/α-hetero) is 2. The second-order valence-electron chi connectivity index (χ2n) is 7.55. The van der Waals surface area contributed by atoms with E-state index in [0.717, 1.165) is 19.3 Å². The molecule has 0 N–H and O–H groups in total. The highest BCUT2D eigenvalue weighted by molar-refractivity contribution is 6.24. The lowest BCUT2D eigenvalue weighted by atomic mass is 9.94. The zero-order chi connectivity index (χ0) is 22.4. The summed E-state index contributed by atoms with van der Waals surface area (Å²) in [5.41, 5.74) is 1.65. The number of benzene rings is 1. The lowest BCUT2D eigenvalue weighted by Gasteiger charge is -2.17. The summed E-state index contributed by atoms with van der Waals surface area (Å²) in [5.74, 6) is 0.175. The highest BCUT2D eigenvalue weighted by Crippen LogP contribution is 2.41. The molecule has 0 amide bonds. The Morgan fingerprint density at radius 3 is 2.03 bits per heavy atom. The van der Waals surface area contributed by atoms with Gasteiger partial charge in [-0.3, -0.25) is 9.59 Å². The van der Waals surface area contributed by atoms with E-state index in [9.17, 15) is 14.4 Å². The number of allylic oxidation sites excluding steroid dienone is 2. The summed E-state index contributed by atoms with van der Waals surface area (Å²) in [7, 11) is 2.75. The van der Waals surface area contributed by atoms with Crippen LogP contribution in [0.5, 0.6) is 5.75 Å². The number of carbonyl (C=O) groups excluding carboxylic acids is 3. The van der Waals surface area contributed by atoms with Gasteiger partial charge in [-0.05, 0) is 69.2 Å². The molecule has 0 aliphatic heterocycles. The highest BCUT2D eigenvalue weighted by atomic mass is 16.5. The number of hydrogen-bond donors (Lipinski definition) is 0. The quantitative estimate of drug-likeness (QED) is 0.318. The maximum atomic E-state index is 12.6. The number of esters is 1. The van der Waals surface area contributed by atoms with Gasteiger partial charge in [0.1, 0.15) is 5.75 Å². The number of carbonyl (C=O) groups is 3. The molecule has 0 saturated carbocycles. The lowest BCUT2D eigenvalue weighted by Crippen LogP contribution is -2.23. The van der Waals surface area contributed by atoms with Crippen molar-refractivity contribution in [3.63, 3.8) is 0 Å². The SMILES string of the molecule is CCOC(=O)c1ccc(OCCCCC2CC3=C(C2)C(=O)C(OC)=C(OC)C3=O)cc1. The molecular formula is C24H28O7. The summed E-state index contributed by atoms with van der Waals surface area (Å²) in [6, 6.07) is 6.89. The summed E-state index contributed by atoms with van der Waals surface area (Å²) >= 11 is 0. The molecule has 7 heteroatoms. The van der Waals surface area contributed by atoms with Gasteiger partial charge >= 0.3 is 5.97 Å². The third-order valence-electron chi connectivity index (χ3n) is 5.57. The van der Waals surface area contributed by atoms with Gasteiger partial charge in [0.2, 0.25) is 23.1 Å². The molecule has 7 nitrogen and oxygen atoms in total. The van der Waals surface area contributed by atoms with Gasteiger partial charge in [0.25, 0.3) is 0 Å². The van der Waals surface area contributed by atoms with E-state index in [-0.39, 0.29) is 35.0 Å². The number of unbranched alkanes of at least 4 members (excludes halogenated alkanes) is 1. The second kappa shape index (κ2) is 10.3. The van der Waals surface area contributed by atoms with Crippen molar-refractivity contribution < 1.29 is 33.3 Å². The predicted molar refractivity (Wildman–Crippen MR) is 113 cm³/mol. The van der Waals surface area contributed by atoms with Gasteiger partial charge in [0.05, 0.1) is 33.0 Å². The van der Waals surface area contributed by atoms with Crippen LogP contribution >= 0.6 is 0 Å². The Hall–Kier alpha value is -3.09. The highest BCUT2D eigenvalue weighted by Gasteiger charge is 2.41. The van der Waals surface area contributed by atoms with Crippen LogP contribution in [0.25, 0.3) is 0 Å². The smallest absolute Gasteiger partial charge is 0.338 e. The van der Waals surface area contributed by atoms with Crippen LogP contribution in [-0.4, -0.2) is 45.0 Å². The second-order valence-corrected chi connectivity index (χ2v) is 7.55. The molecule has 166 valence electrons. The van der Waals surface area contributed by atoms with Crippen LogP contribution in [0.2, 0.25) is 0 Å². The van der Waals surface area contributed by atoms with E-state index in [1.807, 2.05) is 0 Å². The van der Waals surface area contributed by atoms with Crippen molar-refractivity contribution in [3.8, 4) is 5.75 Å². The summed E-state index contributed by atoms with van der Waals surface area (Å²) in [6.07, 6.45) is 3.88. The van der Waals surface area contributed by atoms with E-state index < -0.39 is 0 Å². The van der Waals surface area contributed by atoms with Crippen molar-refractivity contribution in [2.24, 2.45) is 5.92 Å². The van der Waals surface area contributed by atoms with Crippen LogP contribution < -0.4 is 4.74 Å². The third kappa shape index (κ3) is 4.98. The molecule has 1 aromatic rings. The fourth-order valence-corrected chi connectivity index (χ4v) is 4.04. The first-order valence-corrected chi connectivity index (χ1v) is 10.5. The monoisotopic (exact) mass is 428 g/mol. The lowest BCUT2D eigenvalue weighted by molar-refractivity contribution is -0.121. The Morgan fingerprint density at radius 1 is 0.935 bits per heavy atom. The molecule has 1 aromatic carbocycles. The Balaban J connectivity index is 1.42. The Labute approximate surface area is 182 Å². The zero-order valence-corrected chi connectivity index (χ0v) is 18.2. The van der Waals surface area contributed by atoms with Gasteiger partial charge in [-0.1, -0.05) is 0 Å². The first-order chi connectivity index (χ1) is 15.0. The molecule has 0 bridgehead atoms. The average molecular weight is 428 g/mol. The minimum absolute atomic E-state index is 0.00859. The van der Waals surface area contributed by atoms with Crippen LogP contribution in [0.15, 0.2) is 46.9 Å². The van der Waals surface area contributed by atoms with Gasteiger partial charge < -0.3 is 18.9 Å². The van der Waals surface area contributed by atoms with E-state index in [4.69, 9.17) is 18.9 Å². The number of hydrogen-bond acceptors (Lipinski definition) is 7. The maximum absolute atomic E-state index is 12.6. The first-order valence-electron chi connectivity index (χ1n) is 10.5. The molecule has 0 aromatic heterocycles. The predicted octanol–water partition coefficient (Wildman–Crippen LogP) is 3.78. The van der Waals surface area contributed by atoms with Crippen molar-refractivity contribution >= 4 is 17.5 Å². The normalized spacial score (nSPS) is 16.5. The van der Waals surface area contributed by atoms with E-state index >= 15 is 0 Å². The molecule has 0 saturated heterocycles. The largest absolute Gasteiger partial charge is 0.494 e. The summed E-state index contributed by atoms with van der Waals surface area (Å²) in [5, 5.41) is 0. The zero-order valence-electron chi connectivity index (χ0n) is 18.2. The molecule has 0 unspecified atom stereocenters. The molecule has 2 aliphatic rings. The molecule has 0 atom stereocenters. The minimum Gasteiger partial charge on any atom is -0.494 e. The van der Waals surface area contributed by atoms with E-state index in [1.165, 1.54) is 14.2 Å². The van der Waals surface area contributed by atoms with Crippen molar-refractivity contribution in [2.75, 3.05) is 27.4 Å². The number of methoxy groups -OCH3 is 2. The standard InChI is InChI=1S/C24H28O7/c1-4-30-24(27)16-8-10-17(11-9-16)31-12-6-5-7-15-13-18-19(14-15)21(26)23(29-3)22(28-2)20(18)25/h8-11,15H,4-7,12-14H2,1-3H3. The third-order valence-corrected chi connectivity index (χ3v) is 5.57. The molecule has 2 aliphatic carbocycles. The van der Waals surface area contributed by atoms with Crippen molar-refractivity contribution in [3.05, 3.63) is 52.5 Å². The Kier molecular flexibility index (Phi) is 7.50. The number of ether oxygens (including phenoxy) is 4. The average Bonchev–Trinajstić information content (AvgIpc) is 3.21. The first kappa shape index (κ1) is 22.6. The van der Waals surface area contributed by atoms with Crippen LogP contribution in [0.3, 0.4) is 0 Å². The van der Waals surface area contributed by atoms with Crippen LogP contribution in [0.1, 0.15) is 49.4 Å². The van der Waals surface area contributed by atoms with Crippen LogP contribution in [0, 0.1) is 5.92 Å². The number of rotatable bonds is 10. The summed E-state index contributed by atoms with van der Waals surface area (Å²) in [6.45, 7) is 2.67.